The normalized spacial score (nSPS) is 15.1. The first-order valence-electron chi connectivity index (χ1n) is 9.25. The molecule has 1 atom stereocenters. The molecular weight excluding hydrogens is 324 g/mol. The standard InChI is InChI=1S/C22H24N2O2/c1-15-10-11-20-19(12-15)18-8-5-9-21(26)22(18)24(20)14-17(25)13-23-16-6-3-2-4-7-16/h2-4,6-7,10-12,17,23,25H,5,8-9,13-14H2,1H3/t17-/m0/s1. The summed E-state index contributed by atoms with van der Waals surface area (Å²) in [7, 11) is 0. The molecule has 0 fully saturated rings. The van der Waals surface area contributed by atoms with Gasteiger partial charge in [0.1, 0.15) is 0 Å². The van der Waals surface area contributed by atoms with E-state index in [1.54, 1.807) is 0 Å². The lowest BCUT2D eigenvalue weighted by atomic mass is 9.94. The van der Waals surface area contributed by atoms with E-state index in [-0.39, 0.29) is 5.78 Å². The Hall–Kier alpha value is -2.59. The average Bonchev–Trinajstić information content (AvgIpc) is 2.95. The number of Topliss-reactive ketones (excluding diaryl/α,β-unsaturated/α-hetero) is 1. The molecule has 2 aromatic carbocycles. The Bertz CT molecular complexity index is 944. The fourth-order valence-electron chi connectivity index (χ4n) is 3.91. The number of hydrogen-bond acceptors (Lipinski definition) is 3. The van der Waals surface area contributed by atoms with Crippen molar-refractivity contribution in [3.05, 3.63) is 65.4 Å². The number of para-hydroxylation sites is 1. The number of hydrogen-bond donors (Lipinski definition) is 2. The molecule has 1 aliphatic rings. The predicted molar refractivity (Wildman–Crippen MR) is 105 cm³/mol. The van der Waals surface area contributed by atoms with Gasteiger partial charge in [0.25, 0.3) is 0 Å². The fraction of sp³-hybridized carbons (Fsp3) is 0.318. The quantitative estimate of drug-likeness (QED) is 0.734. The van der Waals surface area contributed by atoms with E-state index < -0.39 is 6.10 Å². The Morgan fingerprint density at radius 1 is 1.15 bits per heavy atom. The van der Waals surface area contributed by atoms with Crippen LogP contribution in [0.4, 0.5) is 5.69 Å². The van der Waals surface area contributed by atoms with Gasteiger partial charge in [0.2, 0.25) is 0 Å². The number of nitrogens with zero attached hydrogens (tertiary/aromatic N) is 1. The van der Waals surface area contributed by atoms with Crippen LogP contribution in [-0.4, -0.2) is 28.1 Å². The second-order valence-electron chi connectivity index (χ2n) is 7.14. The maximum Gasteiger partial charge on any atom is 0.179 e. The first-order valence-corrected chi connectivity index (χ1v) is 9.25. The molecule has 4 rings (SSSR count). The highest BCUT2D eigenvalue weighted by atomic mass is 16.3. The lowest BCUT2D eigenvalue weighted by Crippen LogP contribution is -2.27. The van der Waals surface area contributed by atoms with Gasteiger partial charge in [0.05, 0.1) is 18.3 Å². The topological polar surface area (TPSA) is 54.3 Å². The Morgan fingerprint density at radius 2 is 1.96 bits per heavy atom. The van der Waals surface area contributed by atoms with Gasteiger partial charge < -0.3 is 15.0 Å². The van der Waals surface area contributed by atoms with E-state index in [1.165, 1.54) is 5.56 Å². The van der Waals surface area contributed by atoms with Crippen molar-refractivity contribution < 1.29 is 9.90 Å². The number of aliphatic hydroxyl groups is 1. The zero-order valence-electron chi connectivity index (χ0n) is 15.0. The molecule has 4 nitrogen and oxygen atoms in total. The molecule has 4 heteroatoms. The van der Waals surface area contributed by atoms with Crippen LogP contribution < -0.4 is 5.32 Å². The van der Waals surface area contributed by atoms with Crippen LogP contribution in [0.3, 0.4) is 0 Å². The maximum absolute atomic E-state index is 12.6. The van der Waals surface area contributed by atoms with E-state index >= 15 is 0 Å². The third-order valence-corrected chi connectivity index (χ3v) is 5.13. The molecule has 0 saturated heterocycles. The van der Waals surface area contributed by atoms with Crippen LogP contribution in [0, 0.1) is 6.92 Å². The number of aliphatic hydroxyl groups excluding tert-OH is 1. The first kappa shape index (κ1) is 16.9. The van der Waals surface area contributed by atoms with E-state index in [0.717, 1.165) is 40.7 Å². The van der Waals surface area contributed by atoms with Crippen LogP contribution in [0.15, 0.2) is 48.5 Å². The summed E-state index contributed by atoms with van der Waals surface area (Å²) in [5.74, 6) is 0.198. The lowest BCUT2D eigenvalue weighted by molar-refractivity contribution is 0.0958. The minimum Gasteiger partial charge on any atom is -0.389 e. The number of anilines is 1. The molecule has 2 N–H and O–H groups in total. The van der Waals surface area contributed by atoms with Crippen LogP contribution in [0.5, 0.6) is 0 Å². The molecule has 0 unspecified atom stereocenters. The smallest absolute Gasteiger partial charge is 0.179 e. The van der Waals surface area contributed by atoms with E-state index in [9.17, 15) is 9.90 Å². The molecule has 0 amide bonds. The van der Waals surface area contributed by atoms with Crippen molar-refractivity contribution in [2.24, 2.45) is 0 Å². The van der Waals surface area contributed by atoms with Crippen LogP contribution in [0.25, 0.3) is 10.9 Å². The lowest BCUT2D eigenvalue weighted by Gasteiger charge is -2.18. The number of nitrogens with one attached hydrogen (secondary N) is 1. The predicted octanol–water partition coefficient (Wildman–Crippen LogP) is 3.94. The molecule has 1 aliphatic carbocycles. The second-order valence-corrected chi connectivity index (χ2v) is 7.14. The van der Waals surface area contributed by atoms with Gasteiger partial charge in [0.15, 0.2) is 5.78 Å². The fourth-order valence-corrected chi connectivity index (χ4v) is 3.91. The van der Waals surface area contributed by atoms with Crippen molar-refractivity contribution in [3.8, 4) is 0 Å². The number of aryl methyl sites for hydroxylation is 2. The molecule has 0 radical (unpaired) electrons. The van der Waals surface area contributed by atoms with Gasteiger partial charge in [-0.05, 0) is 49.6 Å². The van der Waals surface area contributed by atoms with Gasteiger partial charge >= 0.3 is 0 Å². The van der Waals surface area contributed by atoms with Gasteiger partial charge in [-0.25, -0.2) is 0 Å². The highest BCUT2D eigenvalue weighted by Crippen LogP contribution is 2.33. The number of carbonyl (C=O) groups excluding carboxylic acids is 1. The van der Waals surface area contributed by atoms with Crippen molar-refractivity contribution in [3.63, 3.8) is 0 Å². The van der Waals surface area contributed by atoms with Crippen molar-refractivity contribution >= 4 is 22.4 Å². The molecular formula is C22H24N2O2. The third kappa shape index (κ3) is 3.13. The zero-order chi connectivity index (χ0) is 18.1. The highest BCUT2D eigenvalue weighted by molar-refractivity contribution is 6.04. The van der Waals surface area contributed by atoms with Gasteiger partial charge in [-0.3, -0.25) is 4.79 Å². The molecule has 0 aliphatic heterocycles. The van der Waals surface area contributed by atoms with Gasteiger partial charge in [-0.1, -0.05) is 29.8 Å². The largest absolute Gasteiger partial charge is 0.389 e. The van der Waals surface area contributed by atoms with Crippen LogP contribution in [0.1, 0.15) is 34.5 Å². The highest BCUT2D eigenvalue weighted by Gasteiger charge is 2.26. The molecule has 3 aromatic rings. The second kappa shape index (κ2) is 6.96. The number of rotatable bonds is 5. The summed E-state index contributed by atoms with van der Waals surface area (Å²) in [6.45, 7) is 2.94. The summed E-state index contributed by atoms with van der Waals surface area (Å²) >= 11 is 0. The summed E-state index contributed by atoms with van der Waals surface area (Å²) in [5, 5.41) is 15.0. The van der Waals surface area contributed by atoms with E-state index in [1.807, 2.05) is 34.9 Å². The zero-order valence-corrected chi connectivity index (χ0v) is 15.0. The number of benzene rings is 2. The minimum absolute atomic E-state index is 0.198. The van der Waals surface area contributed by atoms with E-state index in [4.69, 9.17) is 0 Å². The third-order valence-electron chi connectivity index (χ3n) is 5.13. The van der Waals surface area contributed by atoms with Crippen LogP contribution >= 0.6 is 0 Å². The van der Waals surface area contributed by atoms with Crippen molar-refractivity contribution in [1.82, 2.24) is 4.57 Å². The molecule has 134 valence electrons. The van der Waals surface area contributed by atoms with Crippen LogP contribution in [-0.2, 0) is 13.0 Å². The number of carbonyl (C=O) groups is 1. The molecule has 1 aromatic heterocycles. The summed E-state index contributed by atoms with van der Waals surface area (Å²) < 4.78 is 2.03. The minimum atomic E-state index is -0.578. The van der Waals surface area contributed by atoms with Gasteiger partial charge in [-0.15, -0.1) is 0 Å². The van der Waals surface area contributed by atoms with E-state index in [2.05, 4.69) is 30.4 Å². The van der Waals surface area contributed by atoms with Gasteiger partial charge in [0, 0.05) is 29.6 Å². The Labute approximate surface area is 153 Å². The summed E-state index contributed by atoms with van der Waals surface area (Å²) in [4.78, 5) is 12.6. The molecule has 0 saturated carbocycles. The summed E-state index contributed by atoms with van der Waals surface area (Å²) in [6, 6.07) is 16.2. The average molecular weight is 348 g/mol. The van der Waals surface area contributed by atoms with E-state index in [0.29, 0.717) is 19.5 Å². The molecule has 0 spiro atoms. The Morgan fingerprint density at radius 3 is 2.77 bits per heavy atom. The first-order chi connectivity index (χ1) is 12.6. The molecule has 1 heterocycles. The molecule has 26 heavy (non-hydrogen) atoms. The van der Waals surface area contributed by atoms with Crippen molar-refractivity contribution in [2.45, 2.75) is 38.8 Å². The van der Waals surface area contributed by atoms with Crippen LogP contribution in [0.2, 0.25) is 0 Å². The number of aromatic nitrogens is 1. The van der Waals surface area contributed by atoms with Crippen molar-refractivity contribution in [1.29, 1.82) is 0 Å². The maximum atomic E-state index is 12.6. The SMILES string of the molecule is Cc1ccc2c(c1)c1c(n2C[C@@H](O)CNc2ccccc2)C(=O)CCC1. The monoisotopic (exact) mass is 348 g/mol. The molecule has 0 bridgehead atoms. The summed E-state index contributed by atoms with van der Waals surface area (Å²) in [6.07, 6.45) is 1.87. The number of fused-ring (bicyclic) bond motifs is 3. The summed E-state index contributed by atoms with van der Waals surface area (Å²) in [5.41, 5.74) is 5.19. The van der Waals surface area contributed by atoms with Gasteiger partial charge in [-0.2, -0.15) is 0 Å². The van der Waals surface area contributed by atoms with Crippen molar-refractivity contribution in [2.75, 3.05) is 11.9 Å². The Kier molecular flexibility index (Phi) is 4.51. The Balaban J connectivity index is 1.63. The number of ketones is 1.